The van der Waals surface area contributed by atoms with Crippen LogP contribution in [-0.2, 0) is 10.0 Å². The van der Waals surface area contributed by atoms with Gasteiger partial charge in [-0.1, -0.05) is 0 Å². The summed E-state index contributed by atoms with van der Waals surface area (Å²) >= 11 is 0. The van der Waals surface area contributed by atoms with Crippen LogP contribution in [-0.4, -0.2) is 45.5 Å². The Morgan fingerprint density at radius 1 is 1.10 bits per heavy atom. The quantitative estimate of drug-likeness (QED) is 0.777. The van der Waals surface area contributed by atoms with E-state index in [-0.39, 0.29) is 10.6 Å². The highest BCUT2D eigenvalue weighted by molar-refractivity contribution is 7.89. The minimum Gasteiger partial charge on any atom is -0.398 e. The molecule has 0 unspecified atom stereocenters. The number of nitrogens with zero attached hydrogens (tertiary/aromatic N) is 2. The van der Waals surface area contributed by atoms with E-state index >= 15 is 0 Å². The second-order valence-electron chi connectivity index (χ2n) is 5.52. The van der Waals surface area contributed by atoms with Crippen molar-refractivity contribution in [1.29, 1.82) is 0 Å². The molecular formula is C13H20N4O2S. The van der Waals surface area contributed by atoms with Crippen LogP contribution in [0.2, 0.25) is 0 Å². The summed E-state index contributed by atoms with van der Waals surface area (Å²) in [5, 5.41) is 5.12. The summed E-state index contributed by atoms with van der Waals surface area (Å²) in [7, 11) is -3.74. The van der Waals surface area contributed by atoms with E-state index in [0.717, 1.165) is 37.9 Å². The minimum atomic E-state index is -3.74. The molecule has 1 saturated heterocycles. The van der Waals surface area contributed by atoms with Gasteiger partial charge >= 0.3 is 0 Å². The molecule has 0 radical (unpaired) electrons. The van der Waals surface area contributed by atoms with Gasteiger partial charge in [0.15, 0.2) is 0 Å². The zero-order valence-corrected chi connectivity index (χ0v) is 12.1. The summed E-state index contributed by atoms with van der Waals surface area (Å²) in [5.74, 6) is 0. The lowest BCUT2D eigenvalue weighted by molar-refractivity contribution is 0.248. The van der Waals surface area contributed by atoms with E-state index in [2.05, 4.69) is 9.80 Å². The lowest BCUT2D eigenvalue weighted by atomic mass is 10.2. The predicted octanol–water partition coefficient (Wildman–Crippen LogP) is 0.201. The Morgan fingerprint density at radius 3 is 2.25 bits per heavy atom. The highest BCUT2D eigenvalue weighted by Gasteiger charge is 2.31. The molecule has 4 N–H and O–H groups in total. The first kappa shape index (κ1) is 13.7. The molecule has 2 fully saturated rings. The van der Waals surface area contributed by atoms with Crippen LogP contribution in [0.15, 0.2) is 23.1 Å². The largest absolute Gasteiger partial charge is 0.398 e. The first-order valence-corrected chi connectivity index (χ1v) is 8.41. The van der Waals surface area contributed by atoms with E-state index in [9.17, 15) is 8.42 Å². The van der Waals surface area contributed by atoms with E-state index in [4.69, 9.17) is 10.9 Å². The summed E-state index contributed by atoms with van der Waals surface area (Å²) in [5.41, 5.74) is 6.98. The van der Waals surface area contributed by atoms with E-state index in [0.29, 0.717) is 0 Å². The molecule has 1 saturated carbocycles. The monoisotopic (exact) mass is 296 g/mol. The van der Waals surface area contributed by atoms with Crippen molar-refractivity contribution in [2.75, 3.05) is 36.8 Å². The number of benzene rings is 1. The third kappa shape index (κ3) is 2.74. The molecule has 7 heteroatoms. The van der Waals surface area contributed by atoms with Gasteiger partial charge in [-0.05, 0) is 31.0 Å². The lowest BCUT2D eigenvalue weighted by Crippen LogP contribution is -2.47. The molecule has 0 atom stereocenters. The van der Waals surface area contributed by atoms with Gasteiger partial charge in [0, 0.05) is 37.9 Å². The number of nitrogens with two attached hydrogens (primary N) is 2. The van der Waals surface area contributed by atoms with Gasteiger partial charge < -0.3 is 10.6 Å². The van der Waals surface area contributed by atoms with Gasteiger partial charge in [-0.3, -0.25) is 4.90 Å². The molecule has 6 nitrogen and oxygen atoms in total. The van der Waals surface area contributed by atoms with Crippen molar-refractivity contribution in [3.8, 4) is 0 Å². The Hall–Kier alpha value is -1.31. The van der Waals surface area contributed by atoms with Crippen molar-refractivity contribution < 1.29 is 8.42 Å². The van der Waals surface area contributed by atoms with Crippen LogP contribution >= 0.6 is 0 Å². The zero-order chi connectivity index (χ0) is 14.3. The Labute approximate surface area is 119 Å². The first-order chi connectivity index (χ1) is 9.45. The molecule has 0 spiro atoms. The third-order valence-electron chi connectivity index (χ3n) is 4.04. The molecule has 20 heavy (non-hydrogen) atoms. The second-order valence-corrected chi connectivity index (χ2v) is 7.05. The number of sulfonamides is 1. The fraction of sp³-hybridized carbons (Fsp3) is 0.538. The maximum Gasteiger partial charge on any atom is 0.240 e. The fourth-order valence-corrected chi connectivity index (χ4v) is 3.42. The van der Waals surface area contributed by atoms with Gasteiger partial charge in [-0.25, -0.2) is 13.6 Å². The average Bonchev–Trinajstić information content (AvgIpc) is 3.21. The molecule has 0 bridgehead atoms. The standard InChI is InChI=1S/C13H20N4O2S/c14-12-9-11(3-4-13(12)20(15,18)19)17-7-5-16(6-8-17)10-1-2-10/h3-4,9-10H,1-2,5-8,14H2,(H2,15,18,19). The normalized spacial score (nSPS) is 21.1. The van der Waals surface area contributed by atoms with Crippen molar-refractivity contribution in [1.82, 2.24) is 4.90 Å². The molecule has 110 valence electrons. The van der Waals surface area contributed by atoms with Crippen LogP contribution in [0.3, 0.4) is 0 Å². The van der Waals surface area contributed by atoms with Crippen molar-refractivity contribution >= 4 is 21.4 Å². The number of rotatable bonds is 3. The van der Waals surface area contributed by atoms with Gasteiger partial charge in [-0.15, -0.1) is 0 Å². The average molecular weight is 296 g/mol. The summed E-state index contributed by atoms with van der Waals surface area (Å²) in [6, 6.07) is 5.77. The van der Waals surface area contributed by atoms with Crippen LogP contribution in [0.25, 0.3) is 0 Å². The van der Waals surface area contributed by atoms with Crippen molar-refractivity contribution in [3.63, 3.8) is 0 Å². The molecule has 2 aliphatic rings. The Balaban J connectivity index is 1.73. The van der Waals surface area contributed by atoms with Crippen molar-refractivity contribution in [2.45, 2.75) is 23.8 Å². The number of hydrogen-bond donors (Lipinski definition) is 2. The van der Waals surface area contributed by atoms with Crippen LogP contribution in [0.4, 0.5) is 11.4 Å². The van der Waals surface area contributed by atoms with Gasteiger partial charge in [0.1, 0.15) is 4.90 Å². The first-order valence-electron chi connectivity index (χ1n) is 6.86. The number of anilines is 2. The van der Waals surface area contributed by atoms with Gasteiger partial charge in [0.25, 0.3) is 0 Å². The van der Waals surface area contributed by atoms with E-state index in [1.54, 1.807) is 12.1 Å². The van der Waals surface area contributed by atoms with Crippen LogP contribution < -0.4 is 15.8 Å². The maximum absolute atomic E-state index is 11.3. The maximum atomic E-state index is 11.3. The minimum absolute atomic E-state index is 0.00198. The molecule has 1 heterocycles. The SMILES string of the molecule is Nc1cc(N2CCN(C3CC3)CC2)ccc1S(N)(=O)=O. The molecule has 1 aliphatic heterocycles. The molecule has 1 aromatic rings. The summed E-state index contributed by atoms with van der Waals surface area (Å²) < 4.78 is 22.7. The number of primary sulfonamides is 1. The predicted molar refractivity (Wildman–Crippen MR) is 79.0 cm³/mol. The Morgan fingerprint density at radius 2 is 1.75 bits per heavy atom. The second kappa shape index (κ2) is 4.91. The van der Waals surface area contributed by atoms with Crippen LogP contribution in [0, 0.1) is 0 Å². The van der Waals surface area contributed by atoms with Crippen molar-refractivity contribution in [3.05, 3.63) is 18.2 Å². The van der Waals surface area contributed by atoms with E-state index in [1.165, 1.54) is 18.9 Å². The van der Waals surface area contributed by atoms with E-state index in [1.807, 2.05) is 0 Å². The summed E-state index contributed by atoms with van der Waals surface area (Å²) in [6.45, 7) is 4.01. The topological polar surface area (TPSA) is 92.7 Å². The molecular weight excluding hydrogens is 276 g/mol. The summed E-state index contributed by atoms with van der Waals surface area (Å²) in [6.07, 6.45) is 2.66. The smallest absolute Gasteiger partial charge is 0.240 e. The zero-order valence-electron chi connectivity index (χ0n) is 11.3. The van der Waals surface area contributed by atoms with E-state index < -0.39 is 10.0 Å². The molecule has 0 aromatic heterocycles. The lowest BCUT2D eigenvalue weighted by Gasteiger charge is -2.36. The van der Waals surface area contributed by atoms with Crippen LogP contribution in [0.1, 0.15) is 12.8 Å². The van der Waals surface area contributed by atoms with Crippen molar-refractivity contribution in [2.24, 2.45) is 5.14 Å². The number of nitrogen functional groups attached to an aromatic ring is 1. The highest BCUT2D eigenvalue weighted by atomic mass is 32.2. The highest BCUT2D eigenvalue weighted by Crippen LogP contribution is 2.29. The molecule has 1 aromatic carbocycles. The molecule has 1 aliphatic carbocycles. The van der Waals surface area contributed by atoms with Crippen LogP contribution in [0.5, 0.6) is 0 Å². The number of piperazine rings is 1. The summed E-state index contributed by atoms with van der Waals surface area (Å²) in [4.78, 5) is 4.76. The van der Waals surface area contributed by atoms with Gasteiger partial charge in [-0.2, -0.15) is 0 Å². The number of hydrogen-bond acceptors (Lipinski definition) is 5. The van der Waals surface area contributed by atoms with Gasteiger partial charge in [0.05, 0.1) is 5.69 Å². The van der Waals surface area contributed by atoms with Gasteiger partial charge in [0.2, 0.25) is 10.0 Å². The third-order valence-corrected chi connectivity index (χ3v) is 5.03. The Bertz CT molecular complexity index is 605. The Kier molecular flexibility index (Phi) is 3.35. The molecule has 0 amide bonds. The molecule has 3 rings (SSSR count). The fourth-order valence-electron chi connectivity index (χ4n) is 2.78.